The van der Waals surface area contributed by atoms with Gasteiger partial charge in [-0.15, -0.1) is 0 Å². The first-order chi connectivity index (χ1) is 10.1. The van der Waals surface area contributed by atoms with Gasteiger partial charge in [-0.05, 0) is 24.4 Å². The summed E-state index contributed by atoms with van der Waals surface area (Å²) >= 11 is 0. The van der Waals surface area contributed by atoms with Gasteiger partial charge in [-0.2, -0.15) is 5.10 Å². The second kappa shape index (κ2) is 5.99. The molecule has 0 amide bonds. The topological polar surface area (TPSA) is 74.8 Å². The average Bonchev–Trinajstić information content (AvgIpc) is 3.06. The lowest BCUT2D eigenvalue weighted by molar-refractivity contribution is 0.521. The van der Waals surface area contributed by atoms with Crippen molar-refractivity contribution in [1.29, 1.82) is 0 Å². The van der Waals surface area contributed by atoms with E-state index in [2.05, 4.69) is 15.5 Å². The van der Waals surface area contributed by atoms with Gasteiger partial charge in [0.1, 0.15) is 0 Å². The Hall–Kier alpha value is -1.66. The summed E-state index contributed by atoms with van der Waals surface area (Å²) in [7, 11) is -2.79. The van der Waals surface area contributed by atoms with Crippen molar-refractivity contribution >= 4 is 9.84 Å². The van der Waals surface area contributed by atoms with Crippen molar-refractivity contribution in [2.75, 3.05) is 18.1 Å². The summed E-state index contributed by atoms with van der Waals surface area (Å²) in [6.07, 6.45) is 2.59. The molecule has 3 rings (SSSR count). The van der Waals surface area contributed by atoms with Gasteiger partial charge in [0.2, 0.25) is 0 Å². The molecule has 1 aromatic carbocycles. The van der Waals surface area contributed by atoms with Crippen molar-refractivity contribution < 1.29 is 8.42 Å². The molecule has 21 heavy (non-hydrogen) atoms. The van der Waals surface area contributed by atoms with E-state index in [9.17, 15) is 8.42 Å². The molecule has 112 valence electrons. The monoisotopic (exact) mass is 305 g/mol. The zero-order chi connectivity index (χ0) is 14.7. The van der Waals surface area contributed by atoms with Crippen LogP contribution in [0.2, 0.25) is 0 Å². The van der Waals surface area contributed by atoms with Crippen LogP contribution >= 0.6 is 0 Å². The molecule has 0 aliphatic carbocycles. The fourth-order valence-corrected chi connectivity index (χ4v) is 4.61. The van der Waals surface area contributed by atoms with Crippen LogP contribution in [0.15, 0.2) is 36.5 Å². The Bertz CT molecular complexity index is 695. The third-order valence-electron chi connectivity index (χ3n) is 3.86. The van der Waals surface area contributed by atoms with Crippen molar-refractivity contribution in [2.24, 2.45) is 5.92 Å². The number of nitrogens with one attached hydrogen (secondary N) is 2. The van der Waals surface area contributed by atoms with Crippen molar-refractivity contribution in [2.45, 2.75) is 13.0 Å². The number of aromatic nitrogens is 2. The van der Waals surface area contributed by atoms with E-state index in [4.69, 9.17) is 0 Å². The van der Waals surface area contributed by atoms with Crippen LogP contribution in [0.4, 0.5) is 0 Å². The zero-order valence-corrected chi connectivity index (χ0v) is 12.6. The third-order valence-corrected chi connectivity index (χ3v) is 5.69. The fourth-order valence-electron chi connectivity index (χ4n) is 2.74. The second-order valence-corrected chi connectivity index (χ2v) is 7.76. The standard InChI is InChI=1S/C15H19N3O2S/c19-21(20)7-6-12(11-21)8-16-9-14-10-17-18-15(14)13-4-2-1-3-5-13/h1-5,10,12,16H,6-9,11H2,(H,17,18). The highest BCUT2D eigenvalue weighted by Gasteiger charge is 2.27. The Morgan fingerprint density at radius 2 is 2.10 bits per heavy atom. The summed E-state index contributed by atoms with van der Waals surface area (Å²) in [6, 6.07) is 10.1. The molecule has 0 bridgehead atoms. The van der Waals surface area contributed by atoms with Gasteiger partial charge in [0, 0.05) is 12.1 Å². The van der Waals surface area contributed by atoms with Gasteiger partial charge in [0.05, 0.1) is 23.4 Å². The number of H-pyrrole nitrogens is 1. The quantitative estimate of drug-likeness (QED) is 0.880. The highest BCUT2D eigenvalue weighted by Crippen LogP contribution is 2.21. The zero-order valence-electron chi connectivity index (χ0n) is 11.7. The van der Waals surface area contributed by atoms with E-state index < -0.39 is 9.84 Å². The summed E-state index contributed by atoms with van der Waals surface area (Å²) in [5.74, 6) is 0.888. The molecule has 0 saturated carbocycles. The maximum absolute atomic E-state index is 11.4. The van der Waals surface area contributed by atoms with Crippen molar-refractivity contribution in [3.63, 3.8) is 0 Å². The molecule has 6 heteroatoms. The Morgan fingerprint density at radius 1 is 1.29 bits per heavy atom. The van der Waals surface area contributed by atoms with Crippen molar-refractivity contribution in [1.82, 2.24) is 15.5 Å². The van der Waals surface area contributed by atoms with E-state index in [1.165, 1.54) is 0 Å². The molecule has 1 atom stereocenters. The van der Waals surface area contributed by atoms with Crippen LogP contribution in [0.25, 0.3) is 11.3 Å². The highest BCUT2D eigenvalue weighted by molar-refractivity contribution is 7.91. The molecular formula is C15H19N3O2S. The lowest BCUT2D eigenvalue weighted by Crippen LogP contribution is -2.23. The van der Waals surface area contributed by atoms with E-state index in [0.717, 1.165) is 29.8 Å². The van der Waals surface area contributed by atoms with Gasteiger partial charge in [-0.3, -0.25) is 5.10 Å². The number of aromatic amines is 1. The maximum atomic E-state index is 11.4. The Kier molecular flexibility index (Phi) is 4.07. The van der Waals surface area contributed by atoms with Crippen LogP contribution in [0, 0.1) is 5.92 Å². The van der Waals surface area contributed by atoms with Gasteiger partial charge >= 0.3 is 0 Å². The molecule has 1 aromatic heterocycles. The molecule has 0 radical (unpaired) electrons. The van der Waals surface area contributed by atoms with Crippen LogP contribution in [0.1, 0.15) is 12.0 Å². The first-order valence-electron chi connectivity index (χ1n) is 7.13. The first-order valence-corrected chi connectivity index (χ1v) is 8.95. The van der Waals surface area contributed by atoms with Crippen molar-refractivity contribution in [3.8, 4) is 11.3 Å². The van der Waals surface area contributed by atoms with E-state index in [0.29, 0.717) is 18.1 Å². The predicted molar refractivity (Wildman–Crippen MR) is 82.5 cm³/mol. The first kappa shape index (κ1) is 14.3. The average molecular weight is 305 g/mol. The van der Waals surface area contributed by atoms with Crippen molar-refractivity contribution in [3.05, 3.63) is 42.1 Å². The van der Waals surface area contributed by atoms with Crippen LogP contribution in [-0.2, 0) is 16.4 Å². The molecule has 1 saturated heterocycles. The van der Waals surface area contributed by atoms with E-state index in [-0.39, 0.29) is 5.92 Å². The van der Waals surface area contributed by atoms with Gasteiger partial charge in [-0.1, -0.05) is 30.3 Å². The van der Waals surface area contributed by atoms with Gasteiger partial charge in [0.25, 0.3) is 0 Å². The van der Waals surface area contributed by atoms with Gasteiger partial charge < -0.3 is 5.32 Å². The van der Waals surface area contributed by atoms with E-state index in [1.54, 1.807) is 0 Å². The molecule has 0 spiro atoms. The smallest absolute Gasteiger partial charge is 0.150 e. The number of benzene rings is 1. The normalized spacial score (nSPS) is 20.7. The maximum Gasteiger partial charge on any atom is 0.150 e. The SMILES string of the molecule is O=S1(=O)CCC(CNCc2cn[nH]c2-c2ccccc2)C1. The summed E-state index contributed by atoms with van der Waals surface area (Å²) in [5.41, 5.74) is 3.22. The minimum Gasteiger partial charge on any atom is -0.312 e. The molecule has 2 aromatic rings. The molecule has 1 aliphatic heterocycles. The molecular weight excluding hydrogens is 286 g/mol. The predicted octanol–water partition coefficient (Wildman–Crippen LogP) is 1.60. The lowest BCUT2D eigenvalue weighted by atomic mass is 10.1. The van der Waals surface area contributed by atoms with Crippen LogP contribution in [0.3, 0.4) is 0 Å². The molecule has 1 aliphatic rings. The Balaban J connectivity index is 1.59. The Labute approximate surface area is 124 Å². The van der Waals surface area contributed by atoms with Gasteiger partial charge in [0.15, 0.2) is 9.84 Å². The summed E-state index contributed by atoms with van der Waals surface area (Å²) in [6.45, 7) is 1.43. The van der Waals surface area contributed by atoms with Crippen LogP contribution in [-0.4, -0.2) is 36.7 Å². The minimum absolute atomic E-state index is 0.238. The molecule has 2 heterocycles. The third kappa shape index (κ3) is 3.51. The highest BCUT2D eigenvalue weighted by atomic mass is 32.2. The Morgan fingerprint density at radius 3 is 2.81 bits per heavy atom. The molecule has 5 nitrogen and oxygen atoms in total. The minimum atomic E-state index is -2.79. The number of rotatable bonds is 5. The fraction of sp³-hybridized carbons (Fsp3) is 0.400. The molecule has 2 N–H and O–H groups in total. The summed E-state index contributed by atoms with van der Waals surface area (Å²) < 4.78 is 22.9. The number of hydrogen-bond acceptors (Lipinski definition) is 4. The summed E-state index contributed by atoms with van der Waals surface area (Å²) in [5, 5.41) is 10.5. The molecule has 1 unspecified atom stereocenters. The van der Waals surface area contributed by atoms with Crippen LogP contribution < -0.4 is 5.32 Å². The lowest BCUT2D eigenvalue weighted by Gasteiger charge is -2.09. The van der Waals surface area contributed by atoms with Gasteiger partial charge in [-0.25, -0.2) is 8.42 Å². The largest absolute Gasteiger partial charge is 0.312 e. The second-order valence-electron chi connectivity index (χ2n) is 5.54. The molecule has 1 fully saturated rings. The number of sulfone groups is 1. The number of hydrogen-bond donors (Lipinski definition) is 2. The van der Waals surface area contributed by atoms with E-state index in [1.807, 2.05) is 36.5 Å². The number of nitrogens with zero attached hydrogens (tertiary/aromatic N) is 1. The summed E-state index contributed by atoms with van der Waals surface area (Å²) in [4.78, 5) is 0. The van der Waals surface area contributed by atoms with E-state index >= 15 is 0 Å². The van der Waals surface area contributed by atoms with Crippen LogP contribution in [0.5, 0.6) is 0 Å².